The average molecular weight is 281 g/mol. The van der Waals surface area contributed by atoms with Crippen LogP contribution in [0.15, 0.2) is 12.1 Å². The Hall–Kier alpha value is -1.49. The Labute approximate surface area is 118 Å². The minimum Gasteiger partial charge on any atom is -0.398 e. The van der Waals surface area contributed by atoms with Crippen LogP contribution in [0.2, 0.25) is 0 Å². The summed E-state index contributed by atoms with van der Waals surface area (Å²) in [6, 6.07) is 3.62. The molecule has 3 N–H and O–H groups in total. The molecule has 20 heavy (non-hydrogen) atoms. The monoisotopic (exact) mass is 281 g/mol. The number of aryl methyl sites for hydroxylation is 1. The van der Waals surface area contributed by atoms with Gasteiger partial charge in [-0.1, -0.05) is 0 Å². The lowest BCUT2D eigenvalue weighted by molar-refractivity contribution is 0.112. The zero-order chi connectivity index (χ0) is 14.7. The van der Waals surface area contributed by atoms with Gasteiger partial charge in [-0.25, -0.2) is 8.78 Å². The second kappa shape index (κ2) is 6.31. The Morgan fingerprint density at radius 3 is 2.85 bits per heavy atom. The van der Waals surface area contributed by atoms with Crippen LogP contribution >= 0.6 is 0 Å². The molecule has 0 aromatic heterocycles. The summed E-state index contributed by atoms with van der Waals surface area (Å²) in [4.78, 5) is 1.83. The van der Waals surface area contributed by atoms with Gasteiger partial charge in [0.05, 0.1) is 0 Å². The van der Waals surface area contributed by atoms with E-state index in [-0.39, 0.29) is 12.5 Å². The molecule has 1 fully saturated rings. The number of hydrogen-bond donors (Lipinski definition) is 2. The van der Waals surface area contributed by atoms with Crippen LogP contribution in [-0.2, 0) is 0 Å². The van der Waals surface area contributed by atoms with Gasteiger partial charge in [0.15, 0.2) is 0 Å². The number of piperidine rings is 1. The molecular formula is C15H21F2N3. The third kappa shape index (κ3) is 2.98. The van der Waals surface area contributed by atoms with E-state index >= 15 is 0 Å². The molecular weight excluding hydrogens is 260 g/mol. The first-order chi connectivity index (χ1) is 9.56. The van der Waals surface area contributed by atoms with Crippen LogP contribution in [0.25, 0.3) is 0 Å². The lowest BCUT2D eigenvalue weighted by Gasteiger charge is -2.35. The number of likely N-dealkylation sites (tertiary alicyclic amines) is 1. The van der Waals surface area contributed by atoms with Crippen molar-refractivity contribution in [1.29, 1.82) is 5.41 Å². The molecule has 0 spiro atoms. The highest BCUT2D eigenvalue weighted by molar-refractivity contribution is 5.85. The molecule has 1 aliphatic heterocycles. The van der Waals surface area contributed by atoms with Gasteiger partial charge in [-0.2, -0.15) is 0 Å². The van der Waals surface area contributed by atoms with Gasteiger partial charge in [-0.05, 0) is 43.1 Å². The summed E-state index contributed by atoms with van der Waals surface area (Å²) in [6.07, 6.45) is 0.883. The van der Waals surface area contributed by atoms with Gasteiger partial charge in [-0.15, -0.1) is 0 Å². The molecule has 5 heteroatoms. The molecule has 0 bridgehead atoms. The molecule has 0 saturated carbocycles. The molecule has 2 atom stereocenters. The maximum absolute atomic E-state index is 14.4. The van der Waals surface area contributed by atoms with Crippen LogP contribution in [0.3, 0.4) is 0 Å². The van der Waals surface area contributed by atoms with Gasteiger partial charge in [0.2, 0.25) is 0 Å². The Morgan fingerprint density at radius 2 is 2.25 bits per heavy atom. The van der Waals surface area contributed by atoms with Gasteiger partial charge < -0.3 is 11.1 Å². The van der Waals surface area contributed by atoms with Crippen LogP contribution in [0.5, 0.6) is 0 Å². The maximum Gasteiger partial charge on any atom is 0.120 e. The van der Waals surface area contributed by atoms with Gasteiger partial charge in [0.1, 0.15) is 12.8 Å². The SMILES string of the molecule is Cc1cc(C=N)c(N)cc1C1CCN(CCF)CC1F. The number of nitrogens with zero attached hydrogens (tertiary/aromatic N) is 1. The Kier molecular flexibility index (Phi) is 4.70. The van der Waals surface area contributed by atoms with Crippen molar-refractivity contribution in [1.82, 2.24) is 4.90 Å². The van der Waals surface area contributed by atoms with E-state index in [1.54, 1.807) is 6.07 Å². The summed E-state index contributed by atoms with van der Waals surface area (Å²) >= 11 is 0. The summed E-state index contributed by atoms with van der Waals surface area (Å²) in [5.74, 6) is -0.187. The van der Waals surface area contributed by atoms with Crippen molar-refractivity contribution >= 4 is 11.9 Å². The Bertz CT molecular complexity index is 490. The molecule has 0 aliphatic carbocycles. The quantitative estimate of drug-likeness (QED) is 0.658. The number of anilines is 1. The van der Waals surface area contributed by atoms with Gasteiger partial charge in [-0.3, -0.25) is 4.90 Å². The normalized spacial score (nSPS) is 23.8. The zero-order valence-electron chi connectivity index (χ0n) is 11.7. The van der Waals surface area contributed by atoms with E-state index in [4.69, 9.17) is 11.1 Å². The second-order valence-electron chi connectivity index (χ2n) is 5.38. The molecule has 2 rings (SSSR count). The molecule has 0 radical (unpaired) electrons. The first-order valence-corrected chi connectivity index (χ1v) is 6.89. The first-order valence-electron chi connectivity index (χ1n) is 6.89. The van der Waals surface area contributed by atoms with Crippen molar-refractivity contribution in [3.63, 3.8) is 0 Å². The summed E-state index contributed by atoms with van der Waals surface area (Å²) in [6.45, 7) is 2.78. The van der Waals surface area contributed by atoms with E-state index in [1.165, 1.54) is 6.21 Å². The predicted molar refractivity (Wildman–Crippen MR) is 78.1 cm³/mol. The lowest BCUT2D eigenvalue weighted by Crippen LogP contribution is -2.41. The average Bonchev–Trinajstić information content (AvgIpc) is 2.42. The number of nitrogens with one attached hydrogen (secondary N) is 1. The summed E-state index contributed by atoms with van der Waals surface area (Å²) in [5.41, 5.74) is 8.95. The highest BCUT2D eigenvalue weighted by Gasteiger charge is 2.31. The van der Waals surface area contributed by atoms with Crippen molar-refractivity contribution in [2.75, 3.05) is 32.0 Å². The number of nitrogen functional groups attached to an aromatic ring is 1. The van der Waals surface area contributed by atoms with E-state index < -0.39 is 12.8 Å². The molecule has 3 nitrogen and oxygen atoms in total. The van der Waals surface area contributed by atoms with Crippen molar-refractivity contribution in [2.24, 2.45) is 0 Å². The molecule has 0 amide bonds. The van der Waals surface area contributed by atoms with E-state index in [0.29, 0.717) is 30.8 Å². The third-order valence-corrected chi connectivity index (χ3v) is 4.05. The Morgan fingerprint density at radius 1 is 1.50 bits per heavy atom. The standard InChI is InChI=1S/C15H21F2N3/c1-10-6-11(8-18)15(19)7-13(10)12-2-4-20(5-3-16)9-14(12)17/h6-8,12,14,18H,2-5,9,19H2,1H3. The first kappa shape index (κ1) is 14.9. The van der Waals surface area contributed by atoms with Gasteiger partial charge in [0, 0.05) is 36.5 Å². The number of halogens is 2. The maximum atomic E-state index is 14.4. The van der Waals surface area contributed by atoms with E-state index in [1.807, 2.05) is 17.9 Å². The smallest absolute Gasteiger partial charge is 0.120 e. The molecule has 1 saturated heterocycles. The molecule has 1 aromatic rings. The molecule has 1 heterocycles. The fourth-order valence-corrected chi connectivity index (χ4v) is 2.93. The highest BCUT2D eigenvalue weighted by atomic mass is 19.1. The van der Waals surface area contributed by atoms with Crippen LogP contribution in [0, 0.1) is 12.3 Å². The van der Waals surface area contributed by atoms with Crippen molar-refractivity contribution in [3.8, 4) is 0 Å². The number of alkyl halides is 2. The zero-order valence-corrected chi connectivity index (χ0v) is 11.7. The minimum atomic E-state index is -1.00. The van der Waals surface area contributed by atoms with Crippen LogP contribution in [0.1, 0.15) is 29.0 Å². The number of nitrogens with two attached hydrogens (primary N) is 1. The molecule has 1 aromatic carbocycles. The van der Waals surface area contributed by atoms with Gasteiger partial charge >= 0.3 is 0 Å². The Balaban J connectivity index is 2.20. The van der Waals surface area contributed by atoms with Crippen LogP contribution in [0.4, 0.5) is 14.5 Å². The highest BCUT2D eigenvalue weighted by Crippen LogP contribution is 2.34. The second-order valence-corrected chi connectivity index (χ2v) is 5.38. The van der Waals surface area contributed by atoms with Crippen molar-refractivity contribution in [2.45, 2.75) is 25.4 Å². The molecule has 2 unspecified atom stereocenters. The number of hydrogen-bond acceptors (Lipinski definition) is 3. The van der Waals surface area contributed by atoms with E-state index in [2.05, 4.69) is 0 Å². The predicted octanol–water partition coefficient (Wildman–Crippen LogP) is 2.67. The summed E-state index contributed by atoms with van der Waals surface area (Å²) in [7, 11) is 0. The molecule has 110 valence electrons. The summed E-state index contributed by atoms with van der Waals surface area (Å²) < 4.78 is 26.7. The van der Waals surface area contributed by atoms with Crippen LogP contribution < -0.4 is 5.73 Å². The third-order valence-electron chi connectivity index (χ3n) is 4.05. The number of benzene rings is 1. The molecule has 1 aliphatic rings. The largest absolute Gasteiger partial charge is 0.398 e. The van der Waals surface area contributed by atoms with Crippen molar-refractivity contribution in [3.05, 3.63) is 28.8 Å². The fraction of sp³-hybridized carbons (Fsp3) is 0.533. The minimum absolute atomic E-state index is 0.187. The fourth-order valence-electron chi connectivity index (χ4n) is 2.93. The van der Waals surface area contributed by atoms with Crippen molar-refractivity contribution < 1.29 is 8.78 Å². The van der Waals surface area contributed by atoms with E-state index in [0.717, 1.165) is 11.1 Å². The number of rotatable bonds is 4. The van der Waals surface area contributed by atoms with E-state index in [9.17, 15) is 8.78 Å². The van der Waals surface area contributed by atoms with Crippen LogP contribution in [-0.4, -0.2) is 43.6 Å². The summed E-state index contributed by atoms with van der Waals surface area (Å²) in [5, 5.41) is 7.29. The topological polar surface area (TPSA) is 53.1 Å². The lowest BCUT2D eigenvalue weighted by atomic mass is 9.84. The van der Waals surface area contributed by atoms with Gasteiger partial charge in [0.25, 0.3) is 0 Å².